The van der Waals surface area contributed by atoms with Crippen molar-refractivity contribution in [3.05, 3.63) is 0 Å². The van der Waals surface area contributed by atoms with Crippen LogP contribution < -0.4 is 11.1 Å². The van der Waals surface area contributed by atoms with Gasteiger partial charge in [0.2, 0.25) is 5.91 Å². The van der Waals surface area contributed by atoms with Crippen LogP contribution in [-0.4, -0.2) is 50.1 Å². The summed E-state index contributed by atoms with van der Waals surface area (Å²) in [6.45, 7) is 4.65. The number of fused-ring (bicyclic) bond motifs is 1. The van der Waals surface area contributed by atoms with Crippen molar-refractivity contribution in [3.8, 4) is 0 Å². The summed E-state index contributed by atoms with van der Waals surface area (Å²) in [5.74, 6) is -0.0194. The van der Waals surface area contributed by atoms with Gasteiger partial charge in [-0.05, 0) is 19.3 Å². The zero-order valence-electron chi connectivity index (χ0n) is 12.6. The van der Waals surface area contributed by atoms with Crippen LogP contribution in [0.1, 0.15) is 33.1 Å². The van der Waals surface area contributed by atoms with E-state index in [1.807, 2.05) is 13.8 Å². The Bertz CT molecular complexity index is 559. The molecule has 0 aromatic heterocycles. The Kier molecular flexibility index (Phi) is 3.39. The molecule has 6 nitrogen and oxygen atoms in total. The van der Waals surface area contributed by atoms with E-state index in [4.69, 9.17) is 10.5 Å². The molecule has 4 unspecified atom stereocenters. The molecule has 3 fully saturated rings. The number of carbonyl (C=O) groups is 1. The molecule has 0 aromatic carbocycles. The number of nitrogens with two attached hydrogens (primary N) is 1. The predicted molar refractivity (Wildman–Crippen MR) is 78.4 cm³/mol. The Morgan fingerprint density at radius 2 is 2.05 bits per heavy atom. The van der Waals surface area contributed by atoms with E-state index in [-0.39, 0.29) is 35.5 Å². The molecule has 120 valence electrons. The number of carbonyl (C=O) groups excluding carboxylic acids is 1. The molecule has 2 saturated heterocycles. The minimum Gasteiger partial charge on any atom is -0.377 e. The molecule has 4 atom stereocenters. The van der Waals surface area contributed by atoms with E-state index in [9.17, 15) is 13.2 Å². The van der Waals surface area contributed by atoms with E-state index in [0.717, 1.165) is 19.4 Å². The molecule has 0 spiro atoms. The molecule has 3 N–H and O–H groups in total. The third-order valence-corrected chi connectivity index (χ3v) is 7.40. The maximum absolute atomic E-state index is 12.7. The quantitative estimate of drug-likeness (QED) is 0.736. The van der Waals surface area contributed by atoms with E-state index in [1.54, 1.807) is 0 Å². The Labute approximate surface area is 125 Å². The molecule has 0 aromatic rings. The van der Waals surface area contributed by atoms with Crippen LogP contribution in [0.3, 0.4) is 0 Å². The van der Waals surface area contributed by atoms with E-state index in [2.05, 4.69) is 5.32 Å². The highest BCUT2D eigenvalue weighted by molar-refractivity contribution is 7.91. The smallest absolute Gasteiger partial charge is 0.241 e. The number of ether oxygens (including phenoxy) is 1. The lowest BCUT2D eigenvalue weighted by Crippen LogP contribution is -2.82. The minimum atomic E-state index is -3.01. The fourth-order valence-electron chi connectivity index (χ4n) is 4.25. The highest BCUT2D eigenvalue weighted by atomic mass is 32.2. The lowest BCUT2D eigenvalue weighted by Gasteiger charge is -2.65. The minimum absolute atomic E-state index is 0.0225. The average Bonchev–Trinajstić information content (AvgIpc) is 2.76. The number of sulfone groups is 1. The number of hydrogen-bond donors (Lipinski definition) is 2. The normalized spacial score (nSPS) is 43.7. The zero-order chi connectivity index (χ0) is 15.5. The first-order valence-corrected chi connectivity index (χ1v) is 9.42. The van der Waals surface area contributed by atoms with Crippen molar-refractivity contribution in [2.75, 3.05) is 18.1 Å². The van der Waals surface area contributed by atoms with Gasteiger partial charge < -0.3 is 15.8 Å². The molecule has 0 radical (unpaired) electrons. The molecule has 3 rings (SSSR count). The SMILES string of the molecule is CC1(C)C2OCCCC2C1(N)C(=O)NC1CCS(=O)(=O)C1. The van der Waals surface area contributed by atoms with Gasteiger partial charge in [0.05, 0.1) is 17.6 Å². The number of nitrogens with one attached hydrogen (secondary N) is 1. The van der Waals surface area contributed by atoms with E-state index in [1.165, 1.54) is 0 Å². The number of rotatable bonds is 2. The van der Waals surface area contributed by atoms with Gasteiger partial charge in [0.25, 0.3) is 0 Å². The van der Waals surface area contributed by atoms with Gasteiger partial charge in [-0.25, -0.2) is 8.42 Å². The molecule has 2 heterocycles. The van der Waals surface area contributed by atoms with Crippen LogP contribution in [0.25, 0.3) is 0 Å². The average molecular weight is 316 g/mol. The van der Waals surface area contributed by atoms with Crippen molar-refractivity contribution in [1.29, 1.82) is 0 Å². The van der Waals surface area contributed by atoms with Crippen LogP contribution in [0.2, 0.25) is 0 Å². The van der Waals surface area contributed by atoms with Crippen LogP contribution in [0, 0.1) is 11.3 Å². The molecule has 1 aliphatic carbocycles. The van der Waals surface area contributed by atoms with Crippen LogP contribution in [-0.2, 0) is 19.4 Å². The predicted octanol–water partition coefficient (Wildman–Crippen LogP) is -0.178. The monoisotopic (exact) mass is 316 g/mol. The number of hydrogen-bond acceptors (Lipinski definition) is 5. The van der Waals surface area contributed by atoms with Crippen LogP contribution in [0.5, 0.6) is 0 Å². The summed E-state index contributed by atoms with van der Waals surface area (Å²) in [6, 6.07) is -0.303. The maximum Gasteiger partial charge on any atom is 0.241 e. The second kappa shape index (κ2) is 4.67. The van der Waals surface area contributed by atoms with E-state index >= 15 is 0 Å². The largest absolute Gasteiger partial charge is 0.377 e. The summed E-state index contributed by atoms with van der Waals surface area (Å²) in [4.78, 5) is 12.7. The first-order valence-electron chi connectivity index (χ1n) is 7.60. The lowest BCUT2D eigenvalue weighted by atomic mass is 9.46. The topological polar surface area (TPSA) is 98.5 Å². The van der Waals surface area contributed by atoms with Crippen LogP contribution in [0.15, 0.2) is 0 Å². The van der Waals surface area contributed by atoms with Crippen molar-refractivity contribution in [2.24, 2.45) is 17.1 Å². The van der Waals surface area contributed by atoms with Gasteiger partial charge in [0, 0.05) is 24.0 Å². The van der Waals surface area contributed by atoms with E-state index in [0.29, 0.717) is 6.42 Å². The molecule has 3 aliphatic rings. The lowest BCUT2D eigenvalue weighted by molar-refractivity contribution is -0.225. The highest BCUT2D eigenvalue weighted by Crippen LogP contribution is 2.57. The second-order valence-corrected chi connectivity index (χ2v) is 9.43. The first-order chi connectivity index (χ1) is 9.68. The fraction of sp³-hybridized carbons (Fsp3) is 0.929. The summed E-state index contributed by atoms with van der Waals surface area (Å²) in [5.41, 5.74) is 5.08. The Morgan fingerprint density at radius 3 is 2.67 bits per heavy atom. The van der Waals surface area contributed by atoms with Gasteiger partial charge in [-0.15, -0.1) is 0 Å². The van der Waals surface area contributed by atoms with Crippen LogP contribution >= 0.6 is 0 Å². The Balaban J connectivity index is 1.74. The van der Waals surface area contributed by atoms with Crippen molar-refractivity contribution in [1.82, 2.24) is 5.32 Å². The molecule has 2 aliphatic heterocycles. The Hall–Kier alpha value is -0.660. The third kappa shape index (κ3) is 2.12. The van der Waals surface area contributed by atoms with Gasteiger partial charge >= 0.3 is 0 Å². The summed E-state index contributed by atoms with van der Waals surface area (Å²) < 4.78 is 28.8. The summed E-state index contributed by atoms with van der Waals surface area (Å²) in [7, 11) is -3.01. The molecule has 1 amide bonds. The van der Waals surface area contributed by atoms with Gasteiger partial charge in [-0.2, -0.15) is 0 Å². The summed E-state index contributed by atoms with van der Waals surface area (Å²) in [5, 5.41) is 2.87. The fourth-order valence-corrected chi connectivity index (χ4v) is 5.92. The highest BCUT2D eigenvalue weighted by Gasteiger charge is 2.70. The summed E-state index contributed by atoms with van der Waals surface area (Å²) in [6.07, 6.45) is 2.31. The van der Waals surface area contributed by atoms with Crippen molar-refractivity contribution >= 4 is 15.7 Å². The standard InChI is InChI=1S/C14H24N2O4S/c1-13(2)11-10(4-3-6-20-11)14(13,15)12(17)16-9-5-7-21(18,19)8-9/h9-11H,3-8,15H2,1-2H3,(H,16,17). The van der Waals surface area contributed by atoms with Crippen molar-refractivity contribution in [3.63, 3.8) is 0 Å². The molecule has 21 heavy (non-hydrogen) atoms. The molecule has 7 heteroatoms. The van der Waals surface area contributed by atoms with Gasteiger partial charge in [0.1, 0.15) is 5.54 Å². The van der Waals surface area contributed by atoms with Crippen molar-refractivity contribution < 1.29 is 17.9 Å². The van der Waals surface area contributed by atoms with Gasteiger partial charge in [0.15, 0.2) is 9.84 Å². The molecule has 1 saturated carbocycles. The van der Waals surface area contributed by atoms with Crippen LogP contribution in [0.4, 0.5) is 0 Å². The van der Waals surface area contributed by atoms with Gasteiger partial charge in [-0.3, -0.25) is 4.79 Å². The van der Waals surface area contributed by atoms with E-state index < -0.39 is 20.8 Å². The van der Waals surface area contributed by atoms with Gasteiger partial charge in [-0.1, -0.05) is 13.8 Å². The maximum atomic E-state index is 12.7. The molecule has 0 bridgehead atoms. The molecular formula is C14H24N2O4S. The van der Waals surface area contributed by atoms with Crippen molar-refractivity contribution in [2.45, 2.75) is 50.8 Å². The number of amides is 1. The first kappa shape index (κ1) is 15.2. The second-order valence-electron chi connectivity index (χ2n) is 7.20. The zero-order valence-corrected chi connectivity index (χ0v) is 13.4. The summed E-state index contributed by atoms with van der Waals surface area (Å²) >= 11 is 0. The Morgan fingerprint density at radius 1 is 1.33 bits per heavy atom. The third-order valence-electron chi connectivity index (χ3n) is 5.63. The molecular weight excluding hydrogens is 292 g/mol.